The lowest BCUT2D eigenvalue weighted by atomic mass is 10.0. The molecule has 1 aromatic rings. The van der Waals surface area contributed by atoms with E-state index in [1.54, 1.807) is 4.31 Å². The summed E-state index contributed by atoms with van der Waals surface area (Å²) in [6.45, 7) is 5.36. The smallest absolute Gasteiger partial charge is 0.258 e. The maximum atomic E-state index is 12.9. The summed E-state index contributed by atoms with van der Waals surface area (Å²) in [5, 5.41) is 0. The number of piperidine rings is 1. The fourth-order valence-corrected chi connectivity index (χ4v) is 4.77. The van der Waals surface area contributed by atoms with Gasteiger partial charge in [0.05, 0.1) is 5.69 Å². The van der Waals surface area contributed by atoms with E-state index in [9.17, 15) is 8.42 Å². The molecule has 0 radical (unpaired) electrons. The van der Waals surface area contributed by atoms with Gasteiger partial charge in [-0.1, -0.05) is 18.2 Å². The number of alkyl halides is 1. The standard InChI is InChI=1S/C15H23ClN2O2S/c1-3-18(15-7-5-4-6-13(15)2)21(19,20)17-10-8-14(12-16)9-11-17/h4-7,14H,3,8-12H2,1-2H3. The molecule has 6 heteroatoms. The van der Waals surface area contributed by atoms with E-state index < -0.39 is 10.2 Å². The van der Waals surface area contributed by atoms with Gasteiger partial charge in [0.25, 0.3) is 0 Å². The highest BCUT2D eigenvalue weighted by Crippen LogP contribution is 2.27. The zero-order valence-electron chi connectivity index (χ0n) is 12.6. The molecule has 1 aliphatic rings. The van der Waals surface area contributed by atoms with Crippen molar-refractivity contribution in [1.82, 2.24) is 4.31 Å². The number of para-hydroxylation sites is 1. The molecule has 0 saturated carbocycles. The highest BCUT2D eigenvalue weighted by molar-refractivity contribution is 7.90. The molecule has 1 heterocycles. The van der Waals surface area contributed by atoms with E-state index >= 15 is 0 Å². The molecule has 0 spiro atoms. The lowest BCUT2D eigenvalue weighted by Gasteiger charge is -2.35. The molecule has 1 aromatic carbocycles. The quantitative estimate of drug-likeness (QED) is 0.779. The number of benzene rings is 1. The summed E-state index contributed by atoms with van der Waals surface area (Å²) in [5.74, 6) is 1.05. The van der Waals surface area contributed by atoms with Crippen LogP contribution in [0.15, 0.2) is 24.3 Å². The topological polar surface area (TPSA) is 40.6 Å². The summed E-state index contributed by atoms with van der Waals surface area (Å²) >= 11 is 5.87. The minimum atomic E-state index is -3.46. The second-order valence-corrected chi connectivity index (χ2v) is 7.62. The van der Waals surface area contributed by atoms with Crippen molar-refractivity contribution in [1.29, 1.82) is 0 Å². The highest BCUT2D eigenvalue weighted by atomic mass is 35.5. The number of halogens is 1. The van der Waals surface area contributed by atoms with Gasteiger partial charge in [0.2, 0.25) is 0 Å². The van der Waals surface area contributed by atoms with Crippen LogP contribution in [-0.4, -0.2) is 38.2 Å². The molecule has 2 rings (SSSR count). The van der Waals surface area contributed by atoms with Crippen LogP contribution in [0, 0.1) is 12.8 Å². The van der Waals surface area contributed by atoms with Crippen LogP contribution in [0.5, 0.6) is 0 Å². The average molecular weight is 331 g/mol. The van der Waals surface area contributed by atoms with E-state index in [0.717, 1.165) is 24.1 Å². The number of hydrogen-bond acceptors (Lipinski definition) is 2. The van der Waals surface area contributed by atoms with Gasteiger partial charge in [0.1, 0.15) is 0 Å². The number of aryl methyl sites for hydroxylation is 1. The number of hydrogen-bond donors (Lipinski definition) is 0. The minimum absolute atomic E-state index is 0.433. The van der Waals surface area contributed by atoms with Crippen LogP contribution in [0.2, 0.25) is 0 Å². The van der Waals surface area contributed by atoms with Gasteiger partial charge in [-0.3, -0.25) is 4.31 Å². The lowest BCUT2D eigenvalue weighted by molar-refractivity contribution is 0.289. The highest BCUT2D eigenvalue weighted by Gasteiger charge is 2.32. The molecule has 0 amide bonds. The fourth-order valence-electron chi connectivity index (χ4n) is 2.73. The Morgan fingerprint density at radius 1 is 1.29 bits per heavy atom. The largest absolute Gasteiger partial charge is 0.304 e. The van der Waals surface area contributed by atoms with E-state index in [-0.39, 0.29) is 0 Å². The molecule has 1 saturated heterocycles. The van der Waals surface area contributed by atoms with Crippen LogP contribution in [0.4, 0.5) is 5.69 Å². The molecule has 0 aromatic heterocycles. The molecule has 1 aliphatic heterocycles. The molecule has 1 fully saturated rings. The molecule has 0 N–H and O–H groups in total. The molecule has 118 valence electrons. The maximum absolute atomic E-state index is 12.9. The first-order chi connectivity index (χ1) is 10.0. The van der Waals surface area contributed by atoms with Crippen molar-refractivity contribution in [3.8, 4) is 0 Å². The fraction of sp³-hybridized carbons (Fsp3) is 0.600. The summed E-state index contributed by atoms with van der Waals surface area (Å²) in [4.78, 5) is 0. The van der Waals surface area contributed by atoms with Gasteiger partial charge in [-0.15, -0.1) is 11.6 Å². The Morgan fingerprint density at radius 2 is 1.90 bits per heavy atom. The minimum Gasteiger partial charge on any atom is -0.258 e. The monoisotopic (exact) mass is 330 g/mol. The van der Waals surface area contributed by atoms with E-state index in [2.05, 4.69) is 0 Å². The molecular weight excluding hydrogens is 308 g/mol. The SMILES string of the molecule is CCN(c1ccccc1C)S(=O)(=O)N1CCC(CCl)CC1. The summed E-state index contributed by atoms with van der Waals surface area (Å²) in [5.41, 5.74) is 1.73. The van der Waals surface area contributed by atoms with Crippen molar-refractivity contribution in [3.63, 3.8) is 0 Å². The zero-order valence-corrected chi connectivity index (χ0v) is 14.2. The number of anilines is 1. The summed E-state index contributed by atoms with van der Waals surface area (Å²) < 4.78 is 28.9. The van der Waals surface area contributed by atoms with Crippen LogP contribution in [0.1, 0.15) is 25.3 Å². The third-order valence-corrected chi connectivity index (χ3v) is 6.53. The Kier molecular flexibility index (Phi) is 5.52. The van der Waals surface area contributed by atoms with Crippen molar-refractivity contribution in [2.24, 2.45) is 5.92 Å². The molecule has 21 heavy (non-hydrogen) atoms. The van der Waals surface area contributed by atoms with E-state index in [1.165, 1.54) is 4.31 Å². The Hall–Kier alpha value is -0.780. The number of nitrogens with zero attached hydrogens (tertiary/aromatic N) is 2. The predicted molar refractivity (Wildman–Crippen MR) is 88.1 cm³/mol. The Balaban J connectivity index is 2.23. The van der Waals surface area contributed by atoms with E-state index in [4.69, 9.17) is 11.6 Å². The van der Waals surface area contributed by atoms with Crippen LogP contribution in [0.25, 0.3) is 0 Å². The molecule has 0 aliphatic carbocycles. The lowest BCUT2D eigenvalue weighted by Crippen LogP contribution is -2.47. The molecule has 0 unspecified atom stereocenters. The molecule has 0 atom stereocenters. The van der Waals surface area contributed by atoms with Crippen LogP contribution in [-0.2, 0) is 10.2 Å². The Labute approximate surface area is 132 Å². The summed E-state index contributed by atoms with van der Waals surface area (Å²) in [6.07, 6.45) is 1.68. The van der Waals surface area contributed by atoms with Gasteiger partial charge < -0.3 is 0 Å². The number of rotatable bonds is 5. The summed E-state index contributed by atoms with van der Waals surface area (Å²) in [6, 6.07) is 7.60. The second kappa shape index (κ2) is 6.99. The first-order valence-electron chi connectivity index (χ1n) is 7.40. The predicted octanol–water partition coefficient (Wildman–Crippen LogP) is 3.02. The van der Waals surface area contributed by atoms with Crippen molar-refractivity contribution >= 4 is 27.5 Å². The average Bonchev–Trinajstić information content (AvgIpc) is 2.50. The van der Waals surface area contributed by atoms with E-state index in [0.29, 0.717) is 31.4 Å². The van der Waals surface area contributed by atoms with Crippen molar-refractivity contribution in [2.45, 2.75) is 26.7 Å². The normalized spacial score (nSPS) is 17.9. The summed E-state index contributed by atoms with van der Waals surface area (Å²) in [7, 11) is -3.46. The van der Waals surface area contributed by atoms with Crippen molar-refractivity contribution in [3.05, 3.63) is 29.8 Å². The van der Waals surface area contributed by atoms with Gasteiger partial charge in [-0.25, -0.2) is 0 Å². The third kappa shape index (κ3) is 3.52. The van der Waals surface area contributed by atoms with Gasteiger partial charge in [0, 0.05) is 25.5 Å². The molecule has 4 nitrogen and oxygen atoms in total. The maximum Gasteiger partial charge on any atom is 0.304 e. The third-order valence-electron chi connectivity index (χ3n) is 4.07. The molecule has 0 bridgehead atoms. The first kappa shape index (κ1) is 16.6. The van der Waals surface area contributed by atoms with Gasteiger partial charge >= 0.3 is 10.2 Å². The van der Waals surface area contributed by atoms with Crippen molar-refractivity contribution in [2.75, 3.05) is 29.8 Å². The van der Waals surface area contributed by atoms with Crippen LogP contribution < -0.4 is 4.31 Å². The van der Waals surface area contributed by atoms with Gasteiger partial charge in [-0.2, -0.15) is 12.7 Å². The van der Waals surface area contributed by atoms with Gasteiger partial charge in [-0.05, 0) is 44.2 Å². The Bertz CT molecular complexity index is 569. The van der Waals surface area contributed by atoms with Gasteiger partial charge in [0.15, 0.2) is 0 Å². The van der Waals surface area contributed by atoms with Crippen LogP contribution >= 0.6 is 11.6 Å². The second-order valence-electron chi connectivity index (χ2n) is 5.46. The molecular formula is C15H23ClN2O2S. The van der Waals surface area contributed by atoms with Crippen LogP contribution in [0.3, 0.4) is 0 Å². The first-order valence-corrected chi connectivity index (χ1v) is 9.33. The zero-order chi connectivity index (χ0) is 15.5. The Morgan fingerprint density at radius 3 is 2.43 bits per heavy atom. The van der Waals surface area contributed by atoms with E-state index in [1.807, 2.05) is 38.1 Å². The van der Waals surface area contributed by atoms with Crippen molar-refractivity contribution < 1.29 is 8.42 Å².